The number of rotatable bonds is 5. The quantitative estimate of drug-likeness (QED) is 0.819. The third-order valence-electron chi connectivity index (χ3n) is 4.44. The highest BCUT2D eigenvalue weighted by atomic mass is 32.2. The number of nitrogens with one attached hydrogen (secondary N) is 2. The lowest BCUT2D eigenvalue weighted by molar-refractivity contribution is 0.102. The minimum Gasteiger partial charge on any atom is -0.369 e. The first-order chi connectivity index (χ1) is 12.8. The van der Waals surface area contributed by atoms with Crippen LogP contribution in [0.15, 0.2) is 48.5 Å². The third kappa shape index (κ3) is 5.45. The number of nitrogens with zero attached hydrogens (tertiary/aromatic N) is 2. The summed E-state index contributed by atoms with van der Waals surface area (Å²) < 4.78 is 24.8. The molecule has 8 heteroatoms. The zero-order chi connectivity index (χ0) is 19.4. The zero-order valence-corrected chi connectivity index (χ0v) is 16.3. The van der Waals surface area contributed by atoms with Crippen LogP contribution in [-0.2, 0) is 10.0 Å². The number of anilines is 3. The summed E-state index contributed by atoms with van der Waals surface area (Å²) in [6.45, 7) is 4.08. The van der Waals surface area contributed by atoms with Gasteiger partial charge in [-0.15, -0.1) is 0 Å². The van der Waals surface area contributed by atoms with Crippen LogP contribution in [0.5, 0.6) is 0 Å². The molecule has 1 aliphatic heterocycles. The average molecular weight is 388 g/mol. The van der Waals surface area contributed by atoms with Gasteiger partial charge < -0.3 is 15.1 Å². The minimum absolute atomic E-state index is 0.242. The molecule has 0 atom stereocenters. The Bertz CT molecular complexity index is 888. The maximum Gasteiger partial charge on any atom is 0.255 e. The van der Waals surface area contributed by atoms with Gasteiger partial charge in [-0.25, -0.2) is 8.42 Å². The van der Waals surface area contributed by atoms with Crippen molar-refractivity contribution in [3.8, 4) is 0 Å². The number of benzene rings is 2. The van der Waals surface area contributed by atoms with Gasteiger partial charge in [-0.2, -0.15) is 0 Å². The SMILES string of the molecule is CN1CCN(c2ccc(NC(=O)c3ccc(NS(C)(=O)=O)cc3)cc2)CC1. The molecule has 1 heterocycles. The van der Waals surface area contributed by atoms with Gasteiger partial charge in [0.25, 0.3) is 5.91 Å². The third-order valence-corrected chi connectivity index (χ3v) is 5.05. The van der Waals surface area contributed by atoms with Crippen LogP contribution >= 0.6 is 0 Å². The summed E-state index contributed by atoms with van der Waals surface area (Å²) >= 11 is 0. The van der Waals surface area contributed by atoms with Crippen LogP contribution in [0.4, 0.5) is 17.1 Å². The molecule has 27 heavy (non-hydrogen) atoms. The Kier molecular flexibility index (Phi) is 5.67. The standard InChI is InChI=1S/C19H24N4O3S/c1-22-11-13-23(14-12-22)18-9-7-16(8-10-18)20-19(24)15-3-5-17(6-4-15)21-27(2,25)26/h3-10,21H,11-14H2,1-2H3,(H,20,24). The number of hydrogen-bond acceptors (Lipinski definition) is 5. The first-order valence-electron chi connectivity index (χ1n) is 8.73. The molecule has 2 aromatic rings. The first-order valence-corrected chi connectivity index (χ1v) is 10.6. The van der Waals surface area contributed by atoms with Crippen LogP contribution in [0.1, 0.15) is 10.4 Å². The molecule has 144 valence electrons. The topological polar surface area (TPSA) is 81.8 Å². The lowest BCUT2D eigenvalue weighted by Crippen LogP contribution is -2.44. The van der Waals surface area contributed by atoms with Crippen LogP contribution in [0, 0.1) is 0 Å². The fraction of sp³-hybridized carbons (Fsp3) is 0.316. The highest BCUT2D eigenvalue weighted by Gasteiger charge is 2.14. The molecule has 0 bridgehead atoms. The second-order valence-corrected chi connectivity index (χ2v) is 8.49. The van der Waals surface area contributed by atoms with Gasteiger partial charge in [-0.05, 0) is 55.6 Å². The summed E-state index contributed by atoms with van der Waals surface area (Å²) in [5.74, 6) is -0.242. The van der Waals surface area contributed by atoms with Gasteiger partial charge in [-0.3, -0.25) is 9.52 Å². The molecule has 0 unspecified atom stereocenters. The van der Waals surface area contributed by atoms with Crippen molar-refractivity contribution in [2.24, 2.45) is 0 Å². The molecule has 0 spiro atoms. The highest BCUT2D eigenvalue weighted by Crippen LogP contribution is 2.20. The van der Waals surface area contributed by atoms with E-state index in [2.05, 4.69) is 26.9 Å². The number of carbonyl (C=O) groups excluding carboxylic acids is 1. The van der Waals surface area contributed by atoms with E-state index in [1.165, 1.54) is 0 Å². The Morgan fingerprint density at radius 1 is 0.889 bits per heavy atom. The van der Waals surface area contributed by atoms with E-state index < -0.39 is 10.0 Å². The number of carbonyl (C=O) groups is 1. The van der Waals surface area contributed by atoms with Gasteiger partial charge in [-0.1, -0.05) is 0 Å². The summed E-state index contributed by atoms with van der Waals surface area (Å²) in [4.78, 5) is 17.0. The largest absolute Gasteiger partial charge is 0.369 e. The second-order valence-electron chi connectivity index (χ2n) is 6.74. The molecule has 0 radical (unpaired) electrons. The molecule has 1 fully saturated rings. The van der Waals surface area contributed by atoms with Crippen LogP contribution < -0.4 is 14.9 Å². The van der Waals surface area contributed by atoms with E-state index in [0.29, 0.717) is 11.3 Å². The smallest absolute Gasteiger partial charge is 0.255 e. The molecule has 0 aromatic heterocycles. The molecule has 3 rings (SSSR count). The average Bonchev–Trinajstić information content (AvgIpc) is 2.62. The van der Waals surface area contributed by atoms with E-state index in [1.807, 2.05) is 24.3 Å². The number of hydrogen-bond donors (Lipinski definition) is 2. The fourth-order valence-corrected chi connectivity index (χ4v) is 3.49. The number of likely N-dealkylation sites (N-methyl/N-ethyl adjacent to an activating group) is 1. The van der Waals surface area contributed by atoms with E-state index in [4.69, 9.17) is 0 Å². The van der Waals surface area contributed by atoms with Crippen LogP contribution in [-0.4, -0.2) is 58.7 Å². The predicted molar refractivity (Wildman–Crippen MR) is 109 cm³/mol. The van der Waals surface area contributed by atoms with E-state index in [1.54, 1.807) is 24.3 Å². The predicted octanol–water partition coefficient (Wildman–Crippen LogP) is 2.06. The maximum atomic E-state index is 12.4. The molecule has 2 N–H and O–H groups in total. The molecule has 1 saturated heterocycles. The van der Waals surface area contributed by atoms with Crippen molar-refractivity contribution in [1.82, 2.24) is 4.90 Å². The van der Waals surface area contributed by atoms with E-state index in [0.717, 1.165) is 43.8 Å². The Balaban J connectivity index is 1.60. The number of piperazine rings is 1. The monoisotopic (exact) mass is 388 g/mol. The van der Waals surface area contributed by atoms with Crippen molar-refractivity contribution in [2.45, 2.75) is 0 Å². The van der Waals surface area contributed by atoms with Crippen molar-refractivity contribution in [1.29, 1.82) is 0 Å². The fourth-order valence-electron chi connectivity index (χ4n) is 2.93. The summed E-state index contributed by atoms with van der Waals surface area (Å²) in [6.07, 6.45) is 1.08. The van der Waals surface area contributed by atoms with Gasteiger partial charge in [0.2, 0.25) is 10.0 Å². The summed E-state index contributed by atoms with van der Waals surface area (Å²) in [5.41, 5.74) is 2.75. The molecule has 7 nitrogen and oxygen atoms in total. The number of sulfonamides is 1. The minimum atomic E-state index is -3.33. The summed E-state index contributed by atoms with van der Waals surface area (Å²) in [7, 11) is -1.21. The van der Waals surface area contributed by atoms with E-state index in [9.17, 15) is 13.2 Å². The Morgan fingerprint density at radius 3 is 2.00 bits per heavy atom. The summed E-state index contributed by atoms with van der Waals surface area (Å²) in [5, 5.41) is 2.86. The van der Waals surface area contributed by atoms with Crippen LogP contribution in [0.25, 0.3) is 0 Å². The highest BCUT2D eigenvalue weighted by molar-refractivity contribution is 7.92. The van der Waals surface area contributed by atoms with Crippen molar-refractivity contribution in [3.63, 3.8) is 0 Å². The van der Waals surface area contributed by atoms with Crippen molar-refractivity contribution < 1.29 is 13.2 Å². The lowest BCUT2D eigenvalue weighted by Gasteiger charge is -2.34. The molecule has 0 aliphatic carbocycles. The molecular formula is C19H24N4O3S. The van der Waals surface area contributed by atoms with E-state index in [-0.39, 0.29) is 5.91 Å². The molecule has 1 amide bonds. The van der Waals surface area contributed by atoms with Crippen molar-refractivity contribution in [2.75, 3.05) is 54.4 Å². The van der Waals surface area contributed by atoms with Crippen LogP contribution in [0.2, 0.25) is 0 Å². The van der Waals surface area contributed by atoms with Gasteiger partial charge in [0.1, 0.15) is 0 Å². The molecule has 2 aromatic carbocycles. The van der Waals surface area contributed by atoms with Gasteiger partial charge in [0, 0.05) is 48.8 Å². The maximum absolute atomic E-state index is 12.4. The molecule has 1 aliphatic rings. The Hall–Kier alpha value is -2.58. The lowest BCUT2D eigenvalue weighted by atomic mass is 10.2. The second kappa shape index (κ2) is 7.98. The Labute approximate surface area is 160 Å². The van der Waals surface area contributed by atoms with Gasteiger partial charge in [0.05, 0.1) is 6.26 Å². The zero-order valence-electron chi connectivity index (χ0n) is 15.5. The van der Waals surface area contributed by atoms with Crippen LogP contribution in [0.3, 0.4) is 0 Å². The van der Waals surface area contributed by atoms with Crippen molar-refractivity contribution >= 4 is 33.0 Å². The normalized spacial score (nSPS) is 15.4. The van der Waals surface area contributed by atoms with Gasteiger partial charge >= 0.3 is 0 Å². The van der Waals surface area contributed by atoms with E-state index >= 15 is 0 Å². The molecular weight excluding hydrogens is 364 g/mol. The Morgan fingerprint density at radius 2 is 1.44 bits per heavy atom. The summed E-state index contributed by atoms with van der Waals surface area (Å²) in [6, 6.07) is 14.1. The molecule has 0 saturated carbocycles. The first kappa shape index (κ1) is 19.2. The van der Waals surface area contributed by atoms with Gasteiger partial charge in [0.15, 0.2) is 0 Å². The number of amides is 1. The van der Waals surface area contributed by atoms with Crippen molar-refractivity contribution in [3.05, 3.63) is 54.1 Å².